The molecule has 1 N–H and O–H groups in total. The van der Waals surface area contributed by atoms with Gasteiger partial charge in [-0.3, -0.25) is 9.88 Å². The van der Waals surface area contributed by atoms with Crippen molar-refractivity contribution >= 4 is 12.2 Å². The topological polar surface area (TPSA) is 95.1 Å². The lowest BCUT2D eigenvalue weighted by Gasteiger charge is -2.41. The van der Waals surface area contributed by atoms with Gasteiger partial charge in [-0.2, -0.15) is 9.59 Å². The zero-order valence-corrected chi connectivity index (χ0v) is 19.9. The molecule has 0 atom stereocenters. The molecule has 182 valence electrons. The Morgan fingerprint density at radius 3 is 2.29 bits per heavy atom. The highest BCUT2D eigenvalue weighted by Gasteiger charge is 2.27. The molecule has 4 heterocycles. The van der Waals surface area contributed by atoms with Crippen LogP contribution in [0.25, 0.3) is 0 Å². The molecule has 0 bridgehead atoms. The molecule has 3 aliphatic rings. The summed E-state index contributed by atoms with van der Waals surface area (Å²) in [6.07, 6.45) is 3.86. The summed E-state index contributed by atoms with van der Waals surface area (Å²) in [5.41, 5.74) is 4.66. The van der Waals surface area contributed by atoms with E-state index in [1.807, 2.05) is 24.4 Å². The molecule has 2 amide bonds. The predicted molar refractivity (Wildman–Crippen MR) is 126 cm³/mol. The van der Waals surface area contributed by atoms with Gasteiger partial charge >= 0.3 is 12.2 Å². The Bertz CT molecular complexity index is 925. The van der Waals surface area contributed by atoms with Crippen molar-refractivity contribution in [2.75, 3.05) is 46.4 Å². The number of pyridine rings is 1. The van der Waals surface area contributed by atoms with E-state index in [1.165, 1.54) is 37.3 Å². The molecular weight excluding hydrogens is 434 g/mol. The Morgan fingerprint density at radius 2 is 1.71 bits per heavy atom. The van der Waals surface area contributed by atoms with Crippen LogP contribution in [0.2, 0.25) is 0 Å². The second-order valence-electron chi connectivity index (χ2n) is 8.76. The molecule has 1 aromatic carbocycles. The molecule has 2 aromatic rings. The van der Waals surface area contributed by atoms with Crippen LogP contribution in [0.1, 0.15) is 22.3 Å². The summed E-state index contributed by atoms with van der Waals surface area (Å²) in [5, 5.41) is 2.96. The van der Waals surface area contributed by atoms with Crippen molar-refractivity contribution in [3.8, 4) is 0 Å². The van der Waals surface area contributed by atoms with E-state index in [1.54, 1.807) is 11.1 Å². The lowest BCUT2D eigenvalue weighted by atomic mass is 10.1. The fraction of sp³-hybridized carbons (Fsp3) is 0.480. The second kappa shape index (κ2) is 13.0. The molecule has 9 heteroatoms. The summed E-state index contributed by atoms with van der Waals surface area (Å²) in [4.78, 5) is 39.2. The van der Waals surface area contributed by atoms with E-state index in [4.69, 9.17) is 14.3 Å². The number of likely N-dealkylation sites (N-methyl/N-ethyl adjacent to an activating group) is 1. The van der Waals surface area contributed by atoms with Crippen molar-refractivity contribution in [3.63, 3.8) is 0 Å². The average molecular weight is 468 g/mol. The van der Waals surface area contributed by atoms with E-state index in [0.29, 0.717) is 19.6 Å². The third-order valence-corrected chi connectivity index (χ3v) is 6.25. The van der Waals surface area contributed by atoms with Gasteiger partial charge in [-0.1, -0.05) is 29.8 Å². The zero-order valence-electron chi connectivity index (χ0n) is 19.9. The minimum atomic E-state index is -0.0261. The fourth-order valence-electron chi connectivity index (χ4n) is 3.98. The van der Waals surface area contributed by atoms with Gasteiger partial charge in [0.1, 0.15) is 0 Å². The first-order chi connectivity index (χ1) is 16.5. The van der Waals surface area contributed by atoms with E-state index in [0.717, 1.165) is 30.4 Å². The minimum Gasteiger partial charge on any atom is -0.378 e. The maximum absolute atomic E-state index is 12.1. The number of aromatic nitrogens is 1. The Hall–Kier alpha value is -3.10. The molecule has 9 nitrogen and oxygen atoms in total. The van der Waals surface area contributed by atoms with Crippen molar-refractivity contribution < 1.29 is 19.1 Å². The lowest BCUT2D eigenvalue weighted by Crippen LogP contribution is -2.55. The molecule has 0 aliphatic carbocycles. The molecule has 0 spiro atoms. The van der Waals surface area contributed by atoms with E-state index in [-0.39, 0.29) is 12.2 Å². The summed E-state index contributed by atoms with van der Waals surface area (Å²) >= 11 is 0. The highest BCUT2D eigenvalue weighted by atomic mass is 16.5. The van der Waals surface area contributed by atoms with E-state index in [9.17, 15) is 4.79 Å². The van der Waals surface area contributed by atoms with Gasteiger partial charge in [0.25, 0.3) is 0 Å². The monoisotopic (exact) mass is 467 g/mol. The highest BCUT2D eigenvalue weighted by molar-refractivity contribution is 5.75. The van der Waals surface area contributed by atoms with Crippen LogP contribution in [-0.2, 0) is 34.0 Å². The first-order valence-corrected chi connectivity index (χ1v) is 11.5. The normalized spacial score (nSPS) is 17.8. The van der Waals surface area contributed by atoms with Crippen LogP contribution in [0.3, 0.4) is 0 Å². The standard InChI is InChI=1S/C16H17N3O.C8H16N2O.CO2/c1-12-2-4-13(5-3-12)8-18-16(20)19-10-14-6-7-17-9-15(14)11-19;1-9-2-4-10(5-3-9)8-6-11-7-8;2-1-3/h2-7,9H,8,10-11H2,1H3,(H,18,20);8H,2-7H2,1H3;. The molecule has 0 unspecified atom stereocenters. The Morgan fingerprint density at radius 1 is 1.06 bits per heavy atom. The number of amides is 2. The van der Waals surface area contributed by atoms with Gasteiger partial charge in [0.15, 0.2) is 0 Å². The van der Waals surface area contributed by atoms with Gasteiger partial charge in [-0.05, 0) is 36.7 Å². The van der Waals surface area contributed by atoms with Crippen molar-refractivity contribution in [1.29, 1.82) is 0 Å². The number of aryl methyl sites for hydroxylation is 1. The van der Waals surface area contributed by atoms with Gasteiger partial charge in [0.05, 0.1) is 19.3 Å². The third kappa shape index (κ3) is 7.46. The van der Waals surface area contributed by atoms with Gasteiger partial charge in [-0.25, -0.2) is 4.79 Å². The molecular formula is C25H33N5O4. The molecule has 0 saturated carbocycles. The van der Waals surface area contributed by atoms with Gasteiger partial charge in [-0.15, -0.1) is 0 Å². The average Bonchev–Trinajstić information content (AvgIpc) is 3.24. The van der Waals surface area contributed by atoms with E-state index < -0.39 is 0 Å². The first-order valence-electron chi connectivity index (χ1n) is 11.5. The Labute approximate surface area is 200 Å². The summed E-state index contributed by atoms with van der Waals surface area (Å²) in [6, 6.07) is 10.9. The van der Waals surface area contributed by atoms with Crippen molar-refractivity contribution in [2.24, 2.45) is 0 Å². The van der Waals surface area contributed by atoms with Crippen molar-refractivity contribution in [2.45, 2.75) is 32.6 Å². The van der Waals surface area contributed by atoms with Gasteiger partial charge < -0.3 is 19.9 Å². The minimum absolute atomic E-state index is 0.0261. The highest BCUT2D eigenvalue weighted by Crippen LogP contribution is 2.21. The van der Waals surface area contributed by atoms with Crippen LogP contribution >= 0.6 is 0 Å². The van der Waals surface area contributed by atoms with E-state index >= 15 is 0 Å². The molecule has 3 aliphatic heterocycles. The molecule has 0 radical (unpaired) electrons. The Kier molecular flexibility index (Phi) is 9.73. The van der Waals surface area contributed by atoms with Gasteiger partial charge in [0.2, 0.25) is 0 Å². The third-order valence-electron chi connectivity index (χ3n) is 6.25. The number of urea groups is 1. The largest absolute Gasteiger partial charge is 0.378 e. The Balaban J connectivity index is 0.000000194. The number of nitrogens with one attached hydrogen (secondary N) is 1. The summed E-state index contributed by atoms with van der Waals surface area (Å²) in [6.45, 7) is 10.7. The number of rotatable bonds is 3. The number of carbonyl (C=O) groups excluding carboxylic acids is 3. The number of fused-ring (bicyclic) bond motifs is 1. The van der Waals surface area contributed by atoms with Crippen molar-refractivity contribution in [3.05, 3.63) is 65.0 Å². The molecule has 34 heavy (non-hydrogen) atoms. The second-order valence-corrected chi connectivity index (χ2v) is 8.76. The number of hydrogen-bond donors (Lipinski definition) is 1. The van der Waals surface area contributed by atoms with E-state index in [2.05, 4.69) is 46.2 Å². The maximum Gasteiger partial charge on any atom is 0.373 e. The number of carbonyl (C=O) groups is 1. The molecule has 2 fully saturated rings. The summed E-state index contributed by atoms with van der Waals surface area (Å²) in [7, 11) is 2.19. The molecule has 5 rings (SSSR count). The zero-order chi connectivity index (χ0) is 24.3. The van der Waals surface area contributed by atoms with Crippen LogP contribution in [0, 0.1) is 6.92 Å². The summed E-state index contributed by atoms with van der Waals surface area (Å²) in [5.74, 6) is 0. The predicted octanol–water partition coefficient (Wildman–Crippen LogP) is 1.66. The lowest BCUT2D eigenvalue weighted by molar-refractivity contribution is -0.191. The quantitative estimate of drug-likeness (QED) is 0.734. The van der Waals surface area contributed by atoms with Crippen LogP contribution in [-0.4, -0.2) is 84.3 Å². The van der Waals surface area contributed by atoms with Crippen LogP contribution < -0.4 is 5.32 Å². The summed E-state index contributed by atoms with van der Waals surface area (Å²) < 4.78 is 5.16. The fourth-order valence-corrected chi connectivity index (χ4v) is 3.98. The molecule has 1 aromatic heterocycles. The van der Waals surface area contributed by atoms with Gasteiger partial charge in [0, 0.05) is 58.2 Å². The molecule has 2 saturated heterocycles. The number of piperazine rings is 1. The van der Waals surface area contributed by atoms with Crippen LogP contribution in [0.15, 0.2) is 42.7 Å². The SMILES string of the molecule is CN1CCN(C2COC2)CC1.Cc1ccc(CNC(=O)N2Cc3ccncc3C2)cc1.O=C=O. The number of hydrogen-bond acceptors (Lipinski definition) is 7. The number of ether oxygens (including phenoxy) is 1. The number of benzene rings is 1. The number of nitrogens with zero attached hydrogens (tertiary/aromatic N) is 4. The first kappa shape index (κ1) is 25.5. The van der Waals surface area contributed by atoms with Crippen molar-refractivity contribution in [1.82, 2.24) is 25.0 Å². The smallest absolute Gasteiger partial charge is 0.373 e. The maximum atomic E-state index is 12.1. The van der Waals surface area contributed by atoms with Crippen LogP contribution in [0.5, 0.6) is 0 Å². The van der Waals surface area contributed by atoms with Crippen LogP contribution in [0.4, 0.5) is 4.79 Å².